The van der Waals surface area contributed by atoms with E-state index in [-0.39, 0.29) is 23.9 Å². The highest BCUT2D eigenvalue weighted by molar-refractivity contribution is 7.88. The summed E-state index contributed by atoms with van der Waals surface area (Å²) < 4.78 is 25.2. The third kappa shape index (κ3) is 4.43. The van der Waals surface area contributed by atoms with Crippen molar-refractivity contribution in [3.63, 3.8) is 0 Å². The highest BCUT2D eigenvalue weighted by Gasteiger charge is 2.32. The maximum atomic E-state index is 12.5. The van der Waals surface area contributed by atoms with Gasteiger partial charge in [-0.05, 0) is 32.1 Å². The Morgan fingerprint density at radius 1 is 1.25 bits per heavy atom. The maximum absolute atomic E-state index is 12.5. The van der Waals surface area contributed by atoms with Gasteiger partial charge in [0.05, 0.1) is 6.26 Å². The van der Waals surface area contributed by atoms with Gasteiger partial charge >= 0.3 is 0 Å². The van der Waals surface area contributed by atoms with Crippen LogP contribution in [0.3, 0.4) is 0 Å². The van der Waals surface area contributed by atoms with Gasteiger partial charge in [0.1, 0.15) is 0 Å². The monoisotopic (exact) mass is 303 g/mol. The number of rotatable bonds is 3. The molecule has 0 spiro atoms. The van der Waals surface area contributed by atoms with Crippen LogP contribution >= 0.6 is 0 Å². The quantitative estimate of drug-likeness (QED) is 0.770. The molecular weight excluding hydrogens is 278 g/mol. The van der Waals surface area contributed by atoms with E-state index < -0.39 is 10.0 Å². The number of hydrogen-bond acceptors (Lipinski definition) is 4. The molecule has 1 aliphatic heterocycles. The standard InChI is InChI=1S/C13H25N3O3S/c1-20(18,19)15-12-6-3-7-16(9-12)13(17)10-4-2-5-11(14)8-10/h10-12,15H,2-9,14H2,1H3. The SMILES string of the molecule is CS(=O)(=O)NC1CCCN(C(=O)C2CCCC(N)C2)C1. The van der Waals surface area contributed by atoms with E-state index in [2.05, 4.69) is 4.72 Å². The van der Waals surface area contributed by atoms with Gasteiger partial charge in [0.25, 0.3) is 0 Å². The van der Waals surface area contributed by atoms with Crippen molar-refractivity contribution in [2.75, 3.05) is 19.3 Å². The second-order valence-electron chi connectivity index (χ2n) is 6.14. The Kier molecular flexibility index (Phi) is 5.04. The molecule has 20 heavy (non-hydrogen) atoms. The molecule has 2 aliphatic rings. The molecule has 116 valence electrons. The summed E-state index contributed by atoms with van der Waals surface area (Å²) in [5.41, 5.74) is 5.94. The predicted octanol–water partition coefficient (Wildman–Crippen LogP) is 0.0441. The summed E-state index contributed by atoms with van der Waals surface area (Å²) in [4.78, 5) is 14.3. The van der Waals surface area contributed by atoms with Crippen LogP contribution in [0.25, 0.3) is 0 Å². The molecule has 6 nitrogen and oxygen atoms in total. The highest BCUT2D eigenvalue weighted by atomic mass is 32.2. The van der Waals surface area contributed by atoms with Crippen LogP contribution < -0.4 is 10.5 Å². The summed E-state index contributed by atoms with van der Waals surface area (Å²) in [7, 11) is -3.21. The summed E-state index contributed by atoms with van der Waals surface area (Å²) in [6.07, 6.45) is 6.48. The van der Waals surface area contributed by atoms with Crippen LogP contribution in [0.1, 0.15) is 38.5 Å². The number of nitrogens with two attached hydrogens (primary N) is 1. The van der Waals surface area contributed by atoms with Gasteiger partial charge in [-0.25, -0.2) is 13.1 Å². The molecule has 3 N–H and O–H groups in total. The summed E-state index contributed by atoms with van der Waals surface area (Å²) in [6, 6.07) is -0.0209. The summed E-state index contributed by atoms with van der Waals surface area (Å²) in [5, 5.41) is 0. The van der Waals surface area contributed by atoms with Crippen molar-refractivity contribution in [3.8, 4) is 0 Å². The lowest BCUT2D eigenvalue weighted by molar-refractivity contribution is -0.138. The van der Waals surface area contributed by atoms with Crippen LogP contribution in [-0.4, -0.2) is 50.7 Å². The molecule has 0 aromatic carbocycles. The second-order valence-corrected chi connectivity index (χ2v) is 7.92. The number of sulfonamides is 1. The van der Waals surface area contributed by atoms with Gasteiger partial charge < -0.3 is 10.6 Å². The van der Waals surface area contributed by atoms with Crippen molar-refractivity contribution in [1.82, 2.24) is 9.62 Å². The van der Waals surface area contributed by atoms with Crippen LogP contribution in [0, 0.1) is 5.92 Å². The number of likely N-dealkylation sites (tertiary alicyclic amines) is 1. The number of nitrogens with one attached hydrogen (secondary N) is 1. The van der Waals surface area contributed by atoms with E-state index >= 15 is 0 Å². The molecule has 0 bridgehead atoms. The van der Waals surface area contributed by atoms with Gasteiger partial charge in [0.2, 0.25) is 15.9 Å². The van der Waals surface area contributed by atoms with Crippen LogP contribution in [0.5, 0.6) is 0 Å². The van der Waals surface area contributed by atoms with E-state index in [1.54, 1.807) is 0 Å². The predicted molar refractivity (Wildman–Crippen MR) is 77.5 cm³/mol. The molecule has 0 aromatic rings. The normalized spacial score (nSPS) is 32.1. The molecule has 1 saturated heterocycles. The average Bonchev–Trinajstić information content (AvgIpc) is 2.36. The van der Waals surface area contributed by atoms with Gasteiger partial charge in [-0.3, -0.25) is 4.79 Å². The molecule has 1 amide bonds. The molecule has 1 heterocycles. The molecule has 7 heteroatoms. The first-order chi connectivity index (χ1) is 9.35. The summed E-state index contributed by atoms with van der Waals surface area (Å²) in [6.45, 7) is 1.21. The van der Waals surface area contributed by atoms with Crippen LogP contribution in [0.4, 0.5) is 0 Å². The first kappa shape index (κ1) is 15.7. The van der Waals surface area contributed by atoms with E-state index in [0.717, 1.165) is 51.3 Å². The second kappa shape index (κ2) is 6.41. The average molecular weight is 303 g/mol. The van der Waals surface area contributed by atoms with Gasteiger partial charge in [-0.1, -0.05) is 6.42 Å². The number of hydrogen-bond donors (Lipinski definition) is 2. The Labute approximate surface area is 121 Å². The van der Waals surface area contributed by atoms with Crippen molar-refractivity contribution < 1.29 is 13.2 Å². The maximum Gasteiger partial charge on any atom is 0.225 e. The first-order valence-electron chi connectivity index (χ1n) is 7.37. The number of piperidine rings is 1. The highest BCUT2D eigenvalue weighted by Crippen LogP contribution is 2.26. The fourth-order valence-corrected chi connectivity index (χ4v) is 4.08. The number of nitrogens with zero attached hydrogens (tertiary/aromatic N) is 1. The van der Waals surface area contributed by atoms with Gasteiger partial charge in [-0.15, -0.1) is 0 Å². The zero-order chi connectivity index (χ0) is 14.8. The smallest absolute Gasteiger partial charge is 0.225 e. The topological polar surface area (TPSA) is 92.5 Å². The largest absolute Gasteiger partial charge is 0.341 e. The zero-order valence-electron chi connectivity index (χ0n) is 12.0. The number of carbonyl (C=O) groups excluding carboxylic acids is 1. The lowest BCUT2D eigenvalue weighted by Crippen LogP contribution is -2.51. The molecule has 2 rings (SSSR count). The van der Waals surface area contributed by atoms with Crippen molar-refractivity contribution in [2.24, 2.45) is 11.7 Å². The van der Waals surface area contributed by atoms with Gasteiger partial charge in [-0.2, -0.15) is 0 Å². The zero-order valence-corrected chi connectivity index (χ0v) is 12.9. The Morgan fingerprint density at radius 2 is 2.00 bits per heavy atom. The molecule has 2 fully saturated rings. The van der Waals surface area contributed by atoms with E-state index in [4.69, 9.17) is 5.73 Å². The van der Waals surface area contributed by atoms with Gasteiger partial charge in [0.15, 0.2) is 0 Å². The summed E-state index contributed by atoms with van der Waals surface area (Å²) in [5.74, 6) is 0.177. The lowest BCUT2D eigenvalue weighted by Gasteiger charge is -2.36. The molecule has 0 aromatic heterocycles. The third-order valence-electron chi connectivity index (χ3n) is 4.18. The molecule has 1 saturated carbocycles. The fraction of sp³-hybridized carbons (Fsp3) is 0.923. The van der Waals surface area contributed by atoms with Crippen molar-refractivity contribution in [2.45, 2.75) is 50.6 Å². The Hall–Kier alpha value is -0.660. The Bertz CT molecular complexity index is 452. The van der Waals surface area contributed by atoms with Gasteiger partial charge in [0, 0.05) is 31.1 Å². The Balaban J connectivity index is 1.92. The van der Waals surface area contributed by atoms with E-state index in [1.165, 1.54) is 0 Å². The van der Waals surface area contributed by atoms with Crippen LogP contribution in [-0.2, 0) is 14.8 Å². The van der Waals surface area contributed by atoms with Crippen molar-refractivity contribution >= 4 is 15.9 Å². The molecule has 3 unspecified atom stereocenters. The lowest BCUT2D eigenvalue weighted by atomic mass is 9.85. The number of amides is 1. The van der Waals surface area contributed by atoms with Crippen molar-refractivity contribution in [3.05, 3.63) is 0 Å². The minimum absolute atomic E-state index is 0.0238. The van der Waals surface area contributed by atoms with E-state index in [1.807, 2.05) is 4.90 Å². The molecule has 0 radical (unpaired) electrons. The van der Waals surface area contributed by atoms with E-state index in [9.17, 15) is 13.2 Å². The minimum atomic E-state index is -3.21. The number of carbonyl (C=O) groups is 1. The molecule has 3 atom stereocenters. The van der Waals surface area contributed by atoms with Crippen LogP contribution in [0.15, 0.2) is 0 Å². The van der Waals surface area contributed by atoms with E-state index in [0.29, 0.717) is 6.54 Å². The molecule has 1 aliphatic carbocycles. The van der Waals surface area contributed by atoms with Crippen LogP contribution in [0.2, 0.25) is 0 Å². The first-order valence-corrected chi connectivity index (χ1v) is 9.26. The fourth-order valence-electron chi connectivity index (χ4n) is 3.29. The minimum Gasteiger partial charge on any atom is -0.341 e. The third-order valence-corrected chi connectivity index (χ3v) is 4.94. The summed E-state index contributed by atoms with van der Waals surface area (Å²) >= 11 is 0. The Morgan fingerprint density at radius 3 is 2.65 bits per heavy atom. The van der Waals surface area contributed by atoms with Crippen molar-refractivity contribution in [1.29, 1.82) is 0 Å². The molecular formula is C13H25N3O3S.